The van der Waals surface area contributed by atoms with Crippen LogP contribution in [-0.4, -0.2) is 26.8 Å². The molecule has 32 heavy (non-hydrogen) atoms. The molecule has 3 aromatic carbocycles. The van der Waals surface area contributed by atoms with Crippen molar-refractivity contribution in [1.29, 1.82) is 0 Å². The van der Waals surface area contributed by atoms with E-state index in [-0.39, 0.29) is 0 Å². The topological polar surface area (TPSA) is 67.7 Å². The van der Waals surface area contributed by atoms with Gasteiger partial charge >= 0.3 is 0 Å². The second-order valence-electron chi connectivity index (χ2n) is 7.69. The fraction of sp³-hybridized carbons (Fsp3) is 0.115. The van der Waals surface area contributed by atoms with E-state index in [4.69, 9.17) is 11.5 Å². The molecule has 2 heterocycles. The number of nitrogens with zero attached hydrogens (tertiary/aromatic N) is 4. The van der Waals surface area contributed by atoms with Gasteiger partial charge in [-0.05, 0) is 54.4 Å². The molecule has 5 rings (SSSR count). The van der Waals surface area contributed by atoms with Crippen molar-refractivity contribution in [3.05, 3.63) is 71.9 Å². The van der Waals surface area contributed by atoms with Crippen molar-refractivity contribution in [2.45, 2.75) is 6.92 Å². The molecule has 6 heteroatoms. The Morgan fingerprint density at radius 1 is 1.06 bits per heavy atom. The van der Waals surface area contributed by atoms with E-state index in [1.165, 1.54) is 5.56 Å². The van der Waals surface area contributed by atoms with Gasteiger partial charge in [0, 0.05) is 47.9 Å². The molecule has 0 radical (unpaired) electrons. The van der Waals surface area contributed by atoms with Crippen molar-refractivity contribution in [1.82, 2.24) is 19.7 Å². The molecule has 0 aliphatic rings. The first-order valence-corrected chi connectivity index (χ1v) is 10.3. The maximum atomic E-state index is 5.55. The second-order valence-corrected chi connectivity index (χ2v) is 7.69. The molecule has 0 bridgehead atoms. The molecule has 0 saturated carbocycles. The molecule has 0 unspecified atom stereocenters. The van der Waals surface area contributed by atoms with Gasteiger partial charge in [-0.1, -0.05) is 24.1 Å². The largest absolute Gasteiger partial charge is 0.357 e. The number of aryl methyl sites for hydroxylation is 2. The van der Waals surface area contributed by atoms with Crippen molar-refractivity contribution >= 4 is 39.3 Å². The Balaban J connectivity index is 1.65. The number of terminal acetylenes is 1. The van der Waals surface area contributed by atoms with Gasteiger partial charge in [0.05, 0.1) is 11.0 Å². The van der Waals surface area contributed by atoms with E-state index in [2.05, 4.69) is 57.7 Å². The number of anilines is 3. The van der Waals surface area contributed by atoms with Crippen LogP contribution >= 0.6 is 0 Å². The Morgan fingerprint density at radius 2 is 1.94 bits per heavy atom. The third kappa shape index (κ3) is 3.30. The molecule has 0 amide bonds. The maximum Gasteiger partial charge on any atom is 0.222 e. The molecule has 2 aromatic heterocycles. The zero-order valence-corrected chi connectivity index (χ0v) is 18.1. The summed E-state index contributed by atoms with van der Waals surface area (Å²) in [5.41, 5.74) is 7.12. The Bertz CT molecular complexity index is 1520. The van der Waals surface area contributed by atoms with Gasteiger partial charge in [-0.25, -0.2) is 9.97 Å². The van der Waals surface area contributed by atoms with E-state index in [0.29, 0.717) is 5.95 Å². The van der Waals surface area contributed by atoms with E-state index in [9.17, 15) is 0 Å². The van der Waals surface area contributed by atoms with Gasteiger partial charge in [-0.3, -0.25) is 4.68 Å². The predicted molar refractivity (Wildman–Crippen MR) is 131 cm³/mol. The lowest BCUT2D eigenvalue weighted by atomic mass is 9.96. The molecule has 0 fully saturated rings. The van der Waals surface area contributed by atoms with Crippen LogP contribution in [0.15, 0.2) is 60.8 Å². The molecule has 0 aliphatic heterocycles. The van der Waals surface area contributed by atoms with Crippen molar-refractivity contribution < 1.29 is 0 Å². The first kappa shape index (κ1) is 19.6. The number of fused-ring (bicyclic) bond motifs is 2. The van der Waals surface area contributed by atoms with Gasteiger partial charge in [-0.15, -0.1) is 6.42 Å². The molecule has 6 nitrogen and oxygen atoms in total. The average molecular weight is 419 g/mol. The average Bonchev–Trinajstić information content (AvgIpc) is 3.13. The highest BCUT2D eigenvalue weighted by molar-refractivity contribution is 6.03. The number of nitrogens with one attached hydrogen (secondary N) is 2. The predicted octanol–water partition coefficient (Wildman–Crippen LogP) is 5.26. The van der Waals surface area contributed by atoms with Crippen LogP contribution < -0.4 is 10.6 Å². The number of hydrogen-bond acceptors (Lipinski definition) is 5. The molecule has 0 spiro atoms. The summed E-state index contributed by atoms with van der Waals surface area (Å²) in [5.74, 6) is 4.08. The quantitative estimate of drug-likeness (QED) is 0.390. The normalized spacial score (nSPS) is 10.9. The Labute approximate surface area is 186 Å². The number of aromatic nitrogens is 4. The van der Waals surface area contributed by atoms with Crippen molar-refractivity contribution in [3.8, 4) is 23.5 Å². The molecule has 2 N–H and O–H groups in total. The summed E-state index contributed by atoms with van der Waals surface area (Å²) in [5, 5.41) is 13.2. The van der Waals surface area contributed by atoms with Crippen LogP contribution in [0.4, 0.5) is 17.5 Å². The third-order valence-electron chi connectivity index (χ3n) is 5.60. The molecule has 0 saturated heterocycles. The fourth-order valence-corrected chi connectivity index (χ4v) is 4.06. The summed E-state index contributed by atoms with van der Waals surface area (Å²) in [6.45, 7) is 2.12. The fourth-order valence-electron chi connectivity index (χ4n) is 4.06. The molecule has 156 valence electrons. The van der Waals surface area contributed by atoms with Gasteiger partial charge in [-0.2, -0.15) is 5.10 Å². The van der Waals surface area contributed by atoms with E-state index >= 15 is 0 Å². The van der Waals surface area contributed by atoms with Crippen LogP contribution in [0.3, 0.4) is 0 Å². The summed E-state index contributed by atoms with van der Waals surface area (Å²) in [7, 11) is 3.79. The van der Waals surface area contributed by atoms with Crippen LogP contribution in [0.2, 0.25) is 0 Å². The molecule has 5 aromatic rings. The minimum atomic E-state index is 0.611. The summed E-state index contributed by atoms with van der Waals surface area (Å²) < 4.78 is 1.93. The van der Waals surface area contributed by atoms with Crippen molar-refractivity contribution in [2.75, 3.05) is 17.7 Å². The van der Waals surface area contributed by atoms with E-state index in [0.717, 1.165) is 50.0 Å². The zero-order valence-electron chi connectivity index (χ0n) is 18.1. The standard InChI is InChI=1S/C26H22N6/c1-5-17-7-6-8-20(13-17)29-25-21-11-9-16(2)23(24(21)32(4)31-25)18-10-12-22-19(14-18)15-28-26(27-3)30-22/h1,6-15H,2-4H3,(H,29,31)(H,27,28,30). The van der Waals surface area contributed by atoms with Gasteiger partial charge in [0.2, 0.25) is 5.95 Å². The Hall–Kier alpha value is -4.37. The first-order chi connectivity index (χ1) is 15.6. The van der Waals surface area contributed by atoms with Gasteiger partial charge in [0.1, 0.15) is 0 Å². The Morgan fingerprint density at radius 3 is 2.75 bits per heavy atom. The highest BCUT2D eigenvalue weighted by Crippen LogP contribution is 2.36. The molecular formula is C26H22N6. The van der Waals surface area contributed by atoms with Gasteiger partial charge < -0.3 is 10.6 Å². The summed E-state index contributed by atoms with van der Waals surface area (Å²) >= 11 is 0. The maximum absolute atomic E-state index is 5.55. The van der Waals surface area contributed by atoms with Crippen LogP contribution in [0, 0.1) is 19.3 Å². The monoisotopic (exact) mass is 418 g/mol. The van der Waals surface area contributed by atoms with Crippen LogP contribution in [0.1, 0.15) is 11.1 Å². The summed E-state index contributed by atoms with van der Waals surface area (Å²) in [4.78, 5) is 8.90. The van der Waals surface area contributed by atoms with E-state index < -0.39 is 0 Å². The number of hydrogen-bond donors (Lipinski definition) is 2. The second kappa shape index (κ2) is 7.71. The lowest BCUT2D eigenvalue weighted by Crippen LogP contribution is -1.97. The van der Waals surface area contributed by atoms with Gasteiger partial charge in [0.15, 0.2) is 5.82 Å². The van der Waals surface area contributed by atoms with Crippen molar-refractivity contribution in [2.24, 2.45) is 7.05 Å². The van der Waals surface area contributed by atoms with Crippen LogP contribution in [-0.2, 0) is 7.05 Å². The smallest absolute Gasteiger partial charge is 0.222 e. The lowest BCUT2D eigenvalue weighted by Gasteiger charge is -2.11. The van der Waals surface area contributed by atoms with Crippen LogP contribution in [0.25, 0.3) is 32.9 Å². The SMILES string of the molecule is C#Cc1cccc(Nc2nn(C)c3c(-c4ccc5nc(NC)ncc5c4)c(C)ccc23)c1. The molecular weight excluding hydrogens is 396 g/mol. The zero-order chi connectivity index (χ0) is 22.2. The Kier molecular flexibility index (Phi) is 4.72. The number of benzene rings is 3. The highest BCUT2D eigenvalue weighted by atomic mass is 15.3. The van der Waals surface area contributed by atoms with E-state index in [1.807, 2.05) is 55.3 Å². The lowest BCUT2D eigenvalue weighted by molar-refractivity contribution is 0.801. The minimum Gasteiger partial charge on any atom is -0.357 e. The number of rotatable bonds is 4. The highest BCUT2D eigenvalue weighted by Gasteiger charge is 2.16. The molecule has 0 atom stereocenters. The minimum absolute atomic E-state index is 0.611. The van der Waals surface area contributed by atoms with Crippen LogP contribution in [0.5, 0.6) is 0 Å². The van der Waals surface area contributed by atoms with E-state index in [1.54, 1.807) is 0 Å². The summed E-state index contributed by atoms with van der Waals surface area (Å²) in [6.07, 6.45) is 7.40. The summed E-state index contributed by atoms with van der Waals surface area (Å²) in [6, 6.07) is 18.3. The first-order valence-electron chi connectivity index (χ1n) is 10.3. The third-order valence-corrected chi connectivity index (χ3v) is 5.60. The molecule has 0 aliphatic carbocycles. The van der Waals surface area contributed by atoms with Crippen molar-refractivity contribution in [3.63, 3.8) is 0 Å². The van der Waals surface area contributed by atoms with Gasteiger partial charge in [0.25, 0.3) is 0 Å².